The lowest BCUT2D eigenvalue weighted by Crippen LogP contribution is -2.50. The molecular formula is C14H18ClN3O3. The first-order chi connectivity index (χ1) is 9.99. The molecule has 0 saturated carbocycles. The summed E-state index contributed by atoms with van der Waals surface area (Å²) in [5, 5.41) is 2.92. The Balaban J connectivity index is 1.99. The van der Waals surface area contributed by atoms with E-state index < -0.39 is 11.9 Å². The number of benzene rings is 1. The van der Waals surface area contributed by atoms with Crippen molar-refractivity contribution in [2.24, 2.45) is 0 Å². The van der Waals surface area contributed by atoms with E-state index in [4.69, 9.17) is 22.1 Å². The molecule has 1 heterocycles. The molecule has 1 aliphatic heterocycles. The van der Waals surface area contributed by atoms with Gasteiger partial charge in [0.05, 0.1) is 23.8 Å². The molecule has 1 saturated heterocycles. The quantitative estimate of drug-likeness (QED) is 0.812. The van der Waals surface area contributed by atoms with E-state index in [-0.39, 0.29) is 10.9 Å². The molecule has 1 aliphatic rings. The third-order valence-electron chi connectivity index (χ3n) is 3.28. The number of rotatable bonds is 3. The van der Waals surface area contributed by atoms with Crippen LogP contribution >= 0.6 is 11.6 Å². The van der Waals surface area contributed by atoms with Crippen molar-refractivity contribution in [3.05, 3.63) is 28.8 Å². The summed E-state index contributed by atoms with van der Waals surface area (Å²) >= 11 is 5.98. The van der Waals surface area contributed by atoms with Crippen molar-refractivity contribution in [3.63, 3.8) is 0 Å². The Kier molecular flexibility index (Phi) is 5.03. The number of amides is 2. The molecule has 6 nitrogen and oxygen atoms in total. The zero-order valence-electron chi connectivity index (χ0n) is 11.8. The van der Waals surface area contributed by atoms with Gasteiger partial charge in [0.2, 0.25) is 5.91 Å². The minimum absolute atomic E-state index is 0.127. The second-order valence-electron chi connectivity index (χ2n) is 4.87. The predicted molar refractivity (Wildman–Crippen MR) is 80.2 cm³/mol. The zero-order valence-corrected chi connectivity index (χ0v) is 12.5. The van der Waals surface area contributed by atoms with Crippen molar-refractivity contribution in [1.29, 1.82) is 0 Å². The average Bonchev–Trinajstić information content (AvgIpc) is 2.47. The van der Waals surface area contributed by atoms with Gasteiger partial charge in [-0.2, -0.15) is 0 Å². The normalized spacial score (nSPS) is 16.4. The van der Waals surface area contributed by atoms with E-state index in [1.165, 1.54) is 6.07 Å². The van der Waals surface area contributed by atoms with Crippen LogP contribution in [-0.4, -0.2) is 49.1 Å². The zero-order chi connectivity index (χ0) is 15.4. The van der Waals surface area contributed by atoms with Crippen molar-refractivity contribution in [1.82, 2.24) is 10.2 Å². The topological polar surface area (TPSA) is 84.7 Å². The lowest BCUT2D eigenvalue weighted by molar-refractivity contribution is -0.136. The summed E-state index contributed by atoms with van der Waals surface area (Å²) in [6.45, 7) is 3.79. The molecule has 7 heteroatoms. The lowest BCUT2D eigenvalue weighted by atomic mass is 10.1. The fourth-order valence-corrected chi connectivity index (χ4v) is 2.38. The monoisotopic (exact) mass is 311 g/mol. The Labute approximate surface area is 128 Å². The molecule has 0 radical (unpaired) electrons. The van der Waals surface area contributed by atoms with Gasteiger partial charge < -0.3 is 20.7 Å². The SMILES string of the molecule is CC(NC(=O)c1ccc(N)cc1Cl)C(=O)N1CCOCC1. The third kappa shape index (κ3) is 3.86. The Bertz CT molecular complexity index is 544. The maximum atomic E-state index is 12.2. The number of nitrogens with zero attached hydrogens (tertiary/aromatic N) is 1. The average molecular weight is 312 g/mol. The fraction of sp³-hybridized carbons (Fsp3) is 0.429. The summed E-state index contributed by atoms with van der Waals surface area (Å²) in [6, 6.07) is 4.02. The molecule has 1 fully saturated rings. The van der Waals surface area contributed by atoms with Crippen molar-refractivity contribution in [2.75, 3.05) is 32.0 Å². The number of morpholine rings is 1. The second-order valence-corrected chi connectivity index (χ2v) is 5.28. The van der Waals surface area contributed by atoms with Crippen LogP contribution in [0, 0.1) is 0 Å². The van der Waals surface area contributed by atoms with E-state index in [0.29, 0.717) is 37.6 Å². The van der Waals surface area contributed by atoms with Gasteiger partial charge in [0.15, 0.2) is 0 Å². The number of anilines is 1. The van der Waals surface area contributed by atoms with Crippen LogP contribution in [0.15, 0.2) is 18.2 Å². The Morgan fingerprint density at radius 2 is 2.05 bits per heavy atom. The minimum atomic E-state index is -0.621. The first-order valence-electron chi connectivity index (χ1n) is 6.71. The number of halogens is 1. The molecule has 0 aromatic heterocycles. The molecule has 1 unspecified atom stereocenters. The van der Waals surface area contributed by atoms with E-state index in [9.17, 15) is 9.59 Å². The molecule has 21 heavy (non-hydrogen) atoms. The predicted octanol–water partition coefficient (Wildman–Crippen LogP) is 0.899. The number of hydrogen-bond acceptors (Lipinski definition) is 4. The van der Waals surface area contributed by atoms with Gasteiger partial charge in [0.25, 0.3) is 5.91 Å². The summed E-state index contributed by atoms with van der Waals surface area (Å²) in [5.74, 6) is -0.521. The van der Waals surface area contributed by atoms with Crippen molar-refractivity contribution < 1.29 is 14.3 Å². The van der Waals surface area contributed by atoms with Gasteiger partial charge in [-0.1, -0.05) is 11.6 Å². The lowest BCUT2D eigenvalue weighted by Gasteiger charge is -2.29. The second kappa shape index (κ2) is 6.78. The first-order valence-corrected chi connectivity index (χ1v) is 7.09. The van der Waals surface area contributed by atoms with Crippen molar-refractivity contribution in [2.45, 2.75) is 13.0 Å². The van der Waals surface area contributed by atoms with E-state index in [1.807, 2.05) is 0 Å². The van der Waals surface area contributed by atoms with Crippen LogP contribution in [0.3, 0.4) is 0 Å². The van der Waals surface area contributed by atoms with Gasteiger partial charge in [-0.3, -0.25) is 9.59 Å². The summed E-state index contributed by atoms with van der Waals surface area (Å²) in [7, 11) is 0. The largest absolute Gasteiger partial charge is 0.399 e. The number of carbonyl (C=O) groups is 2. The maximum Gasteiger partial charge on any atom is 0.253 e. The Morgan fingerprint density at radius 1 is 1.38 bits per heavy atom. The number of nitrogens with two attached hydrogens (primary N) is 1. The van der Waals surface area contributed by atoms with Gasteiger partial charge in [0, 0.05) is 18.8 Å². The summed E-state index contributed by atoms with van der Waals surface area (Å²) in [4.78, 5) is 26.0. The third-order valence-corrected chi connectivity index (χ3v) is 3.59. The molecule has 0 bridgehead atoms. The highest BCUT2D eigenvalue weighted by atomic mass is 35.5. The molecular weight excluding hydrogens is 294 g/mol. The van der Waals surface area contributed by atoms with Crippen LogP contribution in [0.2, 0.25) is 5.02 Å². The van der Waals surface area contributed by atoms with E-state index in [0.717, 1.165) is 0 Å². The molecule has 1 aromatic rings. The summed E-state index contributed by atoms with van der Waals surface area (Å²) < 4.78 is 5.20. The fourth-order valence-electron chi connectivity index (χ4n) is 2.11. The van der Waals surface area contributed by atoms with Crippen LogP contribution in [0.25, 0.3) is 0 Å². The first kappa shape index (κ1) is 15.6. The minimum Gasteiger partial charge on any atom is -0.399 e. The molecule has 114 valence electrons. The smallest absolute Gasteiger partial charge is 0.253 e. The van der Waals surface area contributed by atoms with Gasteiger partial charge >= 0.3 is 0 Å². The van der Waals surface area contributed by atoms with Crippen LogP contribution < -0.4 is 11.1 Å². The van der Waals surface area contributed by atoms with Gasteiger partial charge in [0.1, 0.15) is 6.04 Å². The number of nitrogen functional groups attached to an aromatic ring is 1. The van der Waals surface area contributed by atoms with E-state index in [1.54, 1.807) is 24.0 Å². The van der Waals surface area contributed by atoms with Crippen molar-refractivity contribution >= 4 is 29.1 Å². The van der Waals surface area contributed by atoms with Crippen LogP contribution in [0.1, 0.15) is 17.3 Å². The molecule has 0 spiro atoms. The molecule has 1 atom stereocenters. The van der Waals surface area contributed by atoms with Crippen molar-refractivity contribution in [3.8, 4) is 0 Å². The standard InChI is InChI=1S/C14H18ClN3O3/c1-9(14(20)18-4-6-21-7-5-18)17-13(19)11-3-2-10(16)8-12(11)15/h2-3,8-9H,4-7,16H2,1H3,(H,17,19). The molecule has 3 N–H and O–H groups in total. The summed E-state index contributed by atoms with van der Waals surface area (Å²) in [5.41, 5.74) is 6.37. The van der Waals surface area contributed by atoms with Gasteiger partial charge in [-0.05, 0) is 25.1 Å². The van der Waals surface area contributed by atoms with Crippen LogP contribution in [0.4, 0.5) is 5.69 Å². The molecule has 1 aromatic carbocycles. The highest BCUT2D eigenvalue weighted by molar-refractivity contribution is 6.34. The number of hydrogen-bond donors (Lipinski definition) is 2. The Morgan fingerprint density at radius 3 is 2.67 bits per heavy atom. The van der Waals surface area contributed by atoms with Gasteiger partial charge in [-0.25, -0.2) is 0 Å². The highest BCUT2D eigenvalue weighted by Crippen LogP contribution is 2.19. The molecule has 2 amide bonds. The van der Waals surface area contributed by atoms with Gasteiger partial charge in [-0.15, -0.1) is 0 Å². The number of ether oxygens (including phenoxy) is 1. The highest BCUT2D eigenvalue weighted by Gasteiger charge is 2.24. The van der Waals surface area contributed by atoms with E-state index in [2.05, 4.69) is 5.32 Å². The molecule has 0 aliphatic carbocycles. The van der Waals surface area contributed by atoms with Crippen LogP contribution in [-0.2, 0) is 9.53 Å². The maximum absolute atomic E-state index is 12.2. The number of carbonyl (C=O) groups excluding carboxylic acids is 2. The summed E-state index contributed by atoms with van der Waals surface area (Å²) in [6.07, 6.45) is 0. The van der Waals surface area contributed by atoms with Crippen LogP contribution in [0.5, 0.6) is 0 Å². The number of nitrogens with one attached hydrogen (secondary N) is 1. The molecule has 2 rings (SSSR count). The Hall–Kier alpha value is -1.79. The van der Waals surface area contributed by atoms with E-state index >= 15 is 0 Å².